The van der Waals surface area contributed by atoms with Gasteiger partial charge in [0.15, 0.2) is 24.1 Å². The molecule has 0 bridgehead atoms. The highest BCUT2D eigenvalue weighted by Gasteiger charge is 2.10. The van der Waals surface area contributed by atoms with Crippen LogP contribution in [0.5, 0.6) is 11.5 Å². The quantitative estimate of drug-likeness (QED) is 0.225. The van der Waals surface area contributed by atoms with Crippen LogP contribution in [0.15, 0.2) is 53.5 Å². The Bertz CT molecular complexity index is 846. The van der Waals surface area contributed by atoms with Gasteiger partial charge in [-0.05, 0) is 49.9 Å². The number of amides is 1. The number of aliphatic imine (C=N–C) groups is 1. The number of rotatable bonds is 11. The summed E-state index contributed by atoms with van der Waals surface area (Å²) in [5.74, 6) is 1.71. The summed E-state index contributed by atoms with van der Waals surface area (Å²) in [5.41, 5.74) is 2.35. The van der Waals surface area contributed by atoms with Crippen molar-refractivity contribution in [3.8, 4) is 11.5 Å². The van der Waals surface area contributed by atoms with Crippen molar-refractivity contribution in [2.45, 2.75) is 39.3 Å². The number of hydrogen-bond donors (Lipinski definition) is 3. The monoisotopic (exact) mass is 554 g/mol. The van der Waals surface area contributed by atoms with E-state index in [1.165, 1.54) is 5.56 Å². The van der Waals surface area contributed by atoms with Gasteiger partial charge >= 0.3 is 0 Å². The summed E-state index contributed by atoms with van der Waals surface area (Å²) in [6.07, 6.45) is 2.02. The smallest absolute Gasteiger partial charge is 0.257 e. The Morgan fingerprint density at radius 3 is 2.47 bits per heavy atom. The van der Waals surface area contributed by atoms with Crippen LogP contribution in [0.25, 0.3) is 0 Å². The van der Waals surface area contributed by atoms with Gasteiger partial charge in [-0.15, -0.1) is 24.0 Å². The molecule has 2 rings (SSSR count). The lowest BCUT2D eigenvalue weighted by molar-refractivity contribution is -0.123. The highest BCUT2D eigenvalue weighted by atomic mass is 127. The van der Waals surface area contributed by atoms with E-state index >= 15 is 0 Å². The van der Waals surface area contributed by atoms with Crippen molar-refractivity contribution in [2.24, 2.45) is 4.99 Å². The number of likely N-dealkylation sites (N-methyl/N-ethyl adjacent to an activating group) is 1. The zero-order valence-corrected chi connectivity index (χ0v) is 21.6. The van der Waals surface area contributed by atoms with Crippen molar-refractivity contribution in [3.63, 3.8) is 0 Å². The van der Waals surface area contributed by atoms with Crippen molar-refractivity contribution < 1.29 is 14.3 Å². The molecule has 0 fully saturated rings. The van der Waals surface area contributed by atoms with Crippen LogP contribution < -0.4 is 25.4 Å². The Labute approximate surface area is 208 Å². The second-order valence-electron chi connectivity index (χ2n) is 7.22. The molecule has 1 unspecified atom stereocenters. The van der Waals surface area contributed by atoms with E-state index in [0.717, 1.165) is 24.4 Å². The van der Waals surface area contributed by atoms with Crippen molar-refractivity contribution in [2.75, 3.05) is 27.3 Å². The van der Waals surface area contributed by atoms with Gasteiger partial charge in [-0.2, -0.15) is 0 Å². The normalized spacial score (nSPS) is 11.7. The van der Waals surface area contributed by atoms with Gasteiger partial charge in [0.1, 0.15) is 0 Å². The first-order chi connectivity index (χ1) is 15.0. The van der Waals surface area contributed by atoms with Gasteiger partial charge in [-0.1, -0.05) is 36.4 Å². The maximum absolute atomic E-state index is 11.6. The summed E-state index contributed by atoms with van der Waals surface area (Å²) in [4.78, 5) is 15.9. The van der Waals surface area contributed by atoms with Gasteiger partial charge in [-0.3, -0.25) is 9.79 Å². The molecule has 32 heavy (non-hydrogen) atoms. The predicted molar refractivity (Wildman–Crippen MR) is 140 cm³/mol. The SMILES string of the molecule is CCNC(=O)COc1ccc(CNC(=NC)NC(C)CCc2ccccc2)cc1OC.I. The number of guanidine groups is 1. The standard InChI is InChI=1S/C24H34N4O3.HI/c1-5-26-23(29)17-31-21-14-13-20(15-22(21)30-4)16-27-24(25-3)28-18(2)11-12-19-9-7-6-8-10-19;/h6-10,13-15,18H,5,11-12,16-17H2,1-4H3,(H,26,29)(H2,25,27,28);1H. The predicted octanol–water partition coefficient (Wildman–Crippen LogP) is 3.51. The Hall–Kier alpha value is -2.49. The first-order valence-electron chi connectivity index (χ1n) is 10.6. The molecule has 1 atom stereocenters. The van der Waals surface area contributed by atoms with E-state index in [1.807, 2.05) is 31.2 Å². The lowest BCUT2D eigenvalue weighted by Gasteiger charge is -2.18. The number of methoxy groups -OCH3 is 1. The number of halogens is 1. The minimum atomic E-state index is -0.161. The van der Waals surface area contributed by atoms with E-state index < -0.39 is 0 Å². The number of benzene rings is 2. The fourth-order valence-corrected chi connectivity index (χ4v) is 3.05. The number of nitrogens with one attached hydrogen (secondary N) is 3. The molecule has 0 aliphatic carbocycles. The molecule has 0 radical (unpaired) electrons. The summed E-state index contributed by atoms with van der Waals surface area (Å²) < 4.78 is 11.0. The Kier molecular flexibility index (Phi) is 13.2. The first-order valence-corrected chi connectivity index (χ1v) is 10.6. The van der Waals surface area contributed by atoms with Crippen LogP contribution in [0.1, 0.15) is 31.4 Å². The molecule has 0 heterocycles. The van der Waals surface area contributed by atoms with Crippen molar-refractivity contribution in [1.82, 2.24) is 16.0 Å². The van der Waals surface area contributed by atoms with E-state index in [2.05, 4.69) is 52.1 Å². The molecule has 2 aromatic carbocycles. The Morgan fingerprint density at radius 2 is 1.81 bits per heavy atom. The van der Waals surface area contributed by atoms with Crippen molar-refractivity contribution in [1.29, 1.82) is 0 Å². The molecule has 176 valence electrons. The number of hydrogen-bond acceptors (Lipinski definition) is 4. The molecular weight excluding hydrogens is 519 g/mol. The minimum Gasteiger partial charge on any atom is -0.493 e. The molecule has 8 heteroatoms. The van der Waals surface area contributed by atoms with Crippen molar-refractivity contribution >= 4 is 35.8 Å². The highest BCUT2D eigenvalue weighted by Crippen LogP contribution is 2.28. The number of nitrogens with zero attached hydrogens (tertiary/aromatic N) is 1. The van der Waals surface area contributed by atoms with Crippen LogP contribution in [-0.4, -0.2) is 45.2 Å². The van der Waals surface area contributed by atoms with Crippen LogP contribution in [0.4, 0.5) is 0 Å². The topological polar surface area (TPSA) is 84.0 Å². The van der Waals surface area contributed by atoms with Crippen LogP contribution in [-0.2, 0) is 17.8 Å². The number of carbonyl (C=O) groups is 1. The third kappa shape index (κ3) is 9.76. The van der Waals surface area contributed by atoms with Crippen LogP contribution in [0.3, 0.4) is 0 Å². The van der Waals surface area contributed by atoms with E-state index in [4.69, 9.17) is 9.47 Å². The molecule has 7 nitrogen and oxygen atoms in total. The summed E-state index contributed by atoms with van der Waals surface area (Å²) in [5, 5.41) is 9.46. The summed E-state index contributed by atoms with van der Waals surface area (Å²) in [6.45, 7) is 5.13. The van der Waals surface area contributed by atoms with Crippen LogP contribution in [0.2, 0.25) is 0 Å². The largest absolute Gasteiger partial charge is 0.493 e. The van der Waals surface area contributed by atoms with Gasteiger partial charge in [0, 0.05) is 26.2 Å². The van der Waals surface area contributed by atoms with Crippen molar-refractivity contribution in [3.05, 3.63) is 59.7 Å². The summed E-state index contributed by atoms with van der Waals surface area (Å²) in [7, 11) is 3.35. The fourth-order valence-electron chi connectivity index (χ4n) is 3.05. The van der Waals surface area contributed by atoms with E-state index in [-0.39, 0.29) is 42.5 Å². The molecule has 0 spiro atoms. The number of carbonyl (C=O) groups excluding carboxylic acids is 1. The average Bonchev–Trinajstić information content (AvgIpc) is 2.80. The molecule has 0 aliphatic heterocycles. The van der Waals surface area contributed by atoms with E-state index in [9.17, 15) is 4.79 Å². The zero-order chi connectivity index (χ0) is 22.5. The maximum atomic E-state index is 11.6. The molecule has 0 saturated carbocycles. The minimum absolute atomic E-state index is 0. The Balaban J connectivity index is 0.00000512. The van der Waals surface area contributed by atoms with Gasteiger partial charge in [0.25, 0.3) is 5.91 Å². The second-order valence-corrected chi connectivity index (χ2v) is 7.22. The summed E-state index contributed by atoms with van der Waals surface area (Å²) in [6, 6.07) is 16.4. The maximum Gasteiger partial charge on any atom is 0.257 e. The van der Waals surface area contributed by atoms with Gasteiger partial charge in [0.05, 0.1) is 7.11 Å². The van der Waals surface area contributed by atoms with E-state index in [0.29, 0.717) is 24.6 Å². The first kappa shape index (κ1) is 27.5. The lowest BCUT2D eigenvalue weighted by atomic mass is 10.1. The van der Waals surface area contributed by atoms with Gasteiger partial charge in [0.2, 0.25) is 0 Å². The molecule has 2 aromatic rings. The lowest BCUT2D eigenvalue weighted by Crippen LogP contribution is -2.42. The van der Waals surface area contributed by atoms with Crippen LogP contribution in [0, 0.1) is 0 Å². The zero-order valence-electron chi connectivity index (χ0n) is 19.3. The van der Waals surface area contributed by atoms with Gasteiger partial charge in [-0.25, -0.2) is 0 Å². The summed E-state index contributed by atoms with van der Waals surface area (Å²) >= 11 is 0. The molecule has 0 saturated heterocycles. The Morgan fingerprint density at radius 1 is 1.06 bits per heavy atom. The van der Waals surface area contributed by atoms with Crippen LogP contribution >= 0.6 is 24.0 Å². The molecule has 0 aliphatic rings. The molecular formula is C24H35IN4O3. The third-order valence-corrected chi connectivity index (χ3v) is 4.74. The number of ether oxygens (including phenoxy) is 2. The molecule has 1 amide bonds. The fraction of sp³-hybridized carbons (Fsp3) is 0.417. The van der Waals surface area contributed by atoms with E-state index in [1.54, 1.807) is 14.2 Å². The third-order valence-electron chi connectivity index (χ3n) is 4.74. The van der Waals surface area contributed by atoms with Gasteiger partial charge < -0.3 is 25.4 Å². The molecule has 3 N–H and O–H groups in total. The number of aryl methyl sites for hydroxylation is 1. The average molecular weight is 554 g/mol. The molecule has 0 aromatic heterocycles. The second kappa shape index (κ2) is 15.3. The highest BCUT2D eigenvalue weighted by molar-refractivity contribution is 14.0.